The molecule has 86 valence electrons. The van der Waals surface area contributed by atoms with Gasteiger partial charge in [0.2, 0.25) is 0 Å². The Balaban J connectivity index is 1.95. The lowest BCUT2D eigenvalue weighted by Gasteiger charge is -2.49. The highest BCUT2D eigenvalue weighted by Gasteiger charge is 2.60. The molecule has 1 heteroatoms. The number of rotatable bonds is 2. The van der Waals surface area contributed by atoms with E-state index in [1.165, 1.54) is 42.4 Å². The molecule has 0 saturated heterocycles. The second-order valence-electron chi connectivity index (χ2n) is 6.21. The molecule has 0 unspecified atom stereocenters. The van der Waals surface area contributed by atoms with E-state index < -0.39 is 0 Å². The summed E-state index contributed by atoms with van der Waals surface area (Å²) in [5.41, 5.74) is 11.3. The second kappa shape index (κ2) is 3.10. The zero-order chi connectivity index (χ0) is 11.4. The fourth-order valence-corrected chi connectivity index (χ4v) is 3.66. The van der Waals surface area contributed by atoms with E-state index in [4.69, 9.17) is 5.73 Å². The van der Waals surface area contributed by atoms with E-state index in [-0.39, 0.29) is 0 Å². The lowest BCUT2D eigenvalue weighted by Crippen LogP contribution is -2.48. The summed E-state index contributed by atoms with van der Waals surface area (Å²) >= 11 is 0. The molecule has 3 rings (SSSR count). The maximum absolute atomic E-state index is 6.05. The first-order valence-electron chi connectivity index (χ1n) is 6.37. The van der Waals surface area contributed by atoms with E-state index >= 15 is 0 Å². The highest BCUT2D eigenvalue weighted by atomic mass is 14.7. The van der Waals surface area contributed by atoms with Crippen LogP contribution in [-0.4, -0.2) is 6.54 Å². The van der Waals surface area contributed by atoms with Gasteiger partial charge in [-0.15, -0.1) is 0 Å². The molecule has 2 saturated carbocycles. The third-order valence-corrected chi connectivity index (χ3v) is 4.61. The van der Waals surface area contributed by atoms with Crippen LogP contribution in [0.4, 0.5) is 0 Å². The average Bonchev–Trinajstić information content (AvgIpc) is 2.92. The lowest BCUT2D eigenvalue weighted by molar-refractivity contribution is 0.126. The first-order chi connectivity index (χ1) is 7.57. The molecule has 2 N–H and O–H groups in total. The highest BCUT2D eigenvalue weighted by molar-refractivity contribution is 5.38. The van der Waals surface area contributed by atoms with E-state index in [0.29, 0.717) is 5.41 Å². The predicted octanol–water partition coefficient (Wildman–Crippen LogP) is 3.07. The standard InChI is InChI=1S/C15H21N/c1-11-5-12(2)7-13(6-11)15(10-16)8-14(9-15)3-4-14/h5-7H,3-4,8-10,16H2,1-2H3. The minimum absolute atomic E-state index is 0.313. The van der Waals surface area contributed by atoms with Crippen LogP contribution in [0.5, 0.6) is 0 Å². The third kappa shape index (κ3) is 1.41. The molecule has 0 radical (unpaired) electrons. The van der Waals surface area contributed by atoms with Crippen LogP contribution in [-0.2, 0) is 5.41 Å². The number of hydrogen-bond donors (Lipinski definition) is 1. The van der Waals surface area contributed by atoms with E-state index in [2.05, 4.69) is 32.0 Å². The summed E-state index contributed by atoms with van der Waals surface area (Å²) in [5, 5.41) is 0. The van der Waals surface area contributed by atoms with Gasteiger partial charge in [-0.25, -0.2) is 0 Å². The molecule has 1 nitrogen and oxygen atoms in total. The van der Waals surface area contributed by atoms with Crippen molar-refractivity contribution in [1.29, 1.82) is 0 Å². The maximum Gasteiger partial charge on any atom is 0.00863 e. The van der Waals surface area contributed by atoms with Gasteiger partial charge >= 0.3 is 0 Å². The van der Waals surface area contributed by atoms with Crippen LogP contribution in [0.3, 0.4) is 0 Å². The Kier molecular flexibility index (Phi) is 2.00. The van der Waals surface area contributed by atoms with E-state index in [1.807, 2.05) is 0 Å². The van der Waals surface area contributed by atoms with Crippen molar-refractivity contribution in [1.82, 2.24) is 0 Å². The molecule has 2 aliphatic carbocycles. The molecule has 2 fully saturated rings. The van der Waals surface area contributed by atoms with Gasteiger partial charge in [-0.05, 0) is 50.5 Å². The third-order valence-electron chi connectivity index (χ3n) is 4.61. The summed E-state index contributed by atoms with van der Waals surface area (Å²) in [6.07, 6.45) is 5.55. The van der Waals surface area contributed by atoms with E-state index in [9.17, 15) is 0 Å². The quantitative estimate of drug-likeness (QED) is 0.806. The topological polar surface area (TPSA) is 26.0 Å². The van der Waals surface area contributed by atoms with Crippen LogP contribution >= 0.6 is 0 Å². The summed E-state index contributed by atoms with van der Waals surface area (Å²) in [4.78, 5) is 0. The summed E-state index contributed by atoms with van der Waals surface area (Å²) in [6, 6.07) is 6.93. The van der Waals surface area contributed by atoms with Crippen LogP contribution in [0.2, 0.25) is 0 Å². The van der Waals surface area contributed by atoms with Crippen molar-refractivity contribution in [3.8, 4) is 0 Å². The molecule has 0 heterocycles. The van der Waals surface area contributed by atoms with Crippen LogP contribution in [0.25, 0.3) is 0 Å². The van der Waals surface area contributed by atoms with Crippen LogP contribution in [0.15, 0.2) is 18.2 Å². The van der Waals surface area contributed by atoms with Gasteiger partial charge in [0.1, 0.15) is 0 Å². The van der Waals surface area contributed by atoms with Crippen molar-refractivity contribution in [3.63, 3.8) is 0 Å². The Morgan fingerprint density at radius 2 is 1.62 bits per heavy atom. The van der Waals surface area contributed by atoms with Gasteiger partial charge in [0.25, 0.3) is 0 Å². The molecule has 1 aromatic carbocycles. The van der Waals surface area contributed by atoms with Crippen molar-refractivity contribution in [2.24, 2.45) is 11.1 Å². The molecular formula is C15H21N. The first-order valence-corrected chi connectivity index (χ1v) is 6.37. The summed E-state index contributed by atoms with van der Waals surface area (Å²) < 4.78 is 0. The summed E-state index contributed by atoms with van der Waals surface area (Å²) in [5.74, 6) is 0. The Bertz CT molecular complexity index is 401. The van der Waals surface area contributed by atoms with Gasteiger partial charge in [-0.1, -0.05) is 29.3 Å². The van der Waals surface area contributed by atoms with E-state index in [1.54, 1.807) is 0 Å². The van der Waals surface area contributed by atoms with Gasteiger partial charge in [0.15, 0.2) is 0 Å². The molecule has 0 aromatic heterocycles. The van der Waals surface area contributed by atoms with Gasteiger partial charge in [0.05, 0.1) is 0 Å². The van der Waals surface area contributed by atoms with Crippen molar-refractivity contribution >= 4 is 0 Å². The van der Waals surface area contributed by atoms with Gasteiger partial charge in [-0.3, -0.25) is 0 Å². The number of benzene rings is 1. The monoisotopic (exact) mass is 215 g/mol. The fourth-order valence-electron chi connectivity index (χ4n) is 3.66. The Labute approximate surface area is 98.0 Å². The molecule has 0 aliphatic heterocycles. The van der Waals surface area contributed by atoms with Crippen LogP contribution < -0.4 is 5.73 Å². The maximum atomic E-state index is 6.05. The Morgan fingerprint density at radius 3 is 2.06 bits per heavy atom. The Morgan fingerprint density at radius 1 is 1.06 bits per heavy atom. The molecule has 1 aromatic rings. The predicted molar refractivity (Wildman–Crippen MR) is 67.5 cm³/mol. The first kappa shape index (κ1) is 10.3. The smallest absolute Gasteiger partial charge is 0.00863 e. The SMILES string of the molecule is Cc1cc(C)cc(C2(CN)CC3(CC3)C2)c1. The number of nitrogens with two attached hydrogens (primary N) is 1. The lowest BCUT2D eigenvalue weighted by atomic mass is 9.56. The largest absolute Gasteiger partial charge is 0.330 e. The average molecular weight is 215 g/mol. The molecular weight excluding hydrogens is 194 g/mol. The number of aryl methyl sites for hydroxylation is 2. The summed E-state index contributed by atoms with van der Waals surface area (Å²) in [7, 11) is 0. The van der Waals surface area contributed by atoms with Crippen LogP contribution in [0.1, 0.15) is 42.4 Å². The molecule has 0 bridgehead atoms. The molecule has 0 amide bonds. The van der Waals surface area contributed by atoms with Gasteiger partial charge in [-0.2, -0.15) is 0 Å². The summed E-state index contributed by atoms with van der Waals surface area (Å²) in [6.45, 7) is 5.19. The second-order valence-corrected chi connectivity index (χ2v) is 6.21. The molecule has 16 heavy (non-hydrogen) atoms. The fraction of sp³-hybridized carbons (Fsp3) is 0.600. The molecule has 1 spiro atoms. The minimum Gasteiger partial charge on any atom is -0.330 e. The van der Waals surface area contributed by atoms with Crippen LogP contribution in [0, 0.1) is 19.3 Å². The van der Waals surface area contributed by atoms with Gasteiger partial charge < -0.3 is 5.73 Å². The van der Waals surface area contributed by atoms with Gasteiger partial charge in [0, 0.05) is 12.0 Å². The van der Waals surface area contributed by atoms with Crippen molar-refractivity contribution in [2.45, 2.75) is 44.9 Å². The Hall–Kier alpha value is -0.820. The minimum atomic E-state index is 0.313. The highest BCUT2D eigenvalue weighted by Crippen LogP contribution is 2.68. The zero-order valence-electron chi connectivity index (χ0n) is 10.3. The van der Waals surface area contributed by atoms with E-state index in [0.717, 1.165) is 12.0 Å². The number of hydrogen-bond acceptors (Lipinski definition) is 1. The van der Waals surface area contributed by atoms with Crippen molar-refractivity contribution in [2.75, 3.05) is 6.54 Å². The normalized spacial score (nSPS) is 24.2. The zero-order valence-corrected chi connectivity index (χ0v) is 10.3. The molecule has 2 aliphatic rings. The van der Waals surface area contributed by atoms with Crippen molar-refractivity contribution < 1.29 is 0 Å². The molecule has 0 atom stereocenters. The van der Waals surface area contributed by atoms with Crippen molar-refractivity contribution in [3.05, 3.63) is 34.9 Å².